The van der Waals surface area contributed by atoms with Crippen LogP contribution in [-0.2, 0) is 9.59 Å². The molecule has 3 rings (SSSR count). The number of piperidine rings is 1. The maximum atomic E-state index is 12.0. The predicted molar refractivity (Wildman–Crippen MR) is 75.3 cm³/mol. The summed E-state index contributed by atoms with van der Waals surface area (Å²) >= 11 is 0. The first-order valence-corrected chi connectivity index (χ1v) is 6.88. The van der Waals surface area contributed by atoms with E-state index >= 15 is 0 Å². The number of rotatable bonds is 2. The SMILES string of the molecule is CC(C)c1cccc2c(C3CCC(=O)NC3=O)[nH]nc12. The summed E-state index contributed by atoms with van der Waals surface area (Å²) in [4.78, 5) is 23.2. The Labute approximate surface area is 116 Å². The Hall–Kier alpha value is -2.17. The monoisotopic (exact) mass is 271 g/mol. The molecule has 0 aliphatic carbocycles. The van der Waals surface area contributed by atoms with Crippen LogP contribution < -0.4 is 5.32 Å². The third-order valence-electron chi connectivity index (χ3n) is 3.86. The second-order valence-electron chi connectivity index (χ2n) is 5.54. The van der Waals surface area contributed by atoms with Crippen LogP contribution in [0.2, 0.25) is 0 Å². The van der Waals surface area contributed by atoms with Gasteiger partial charge in [0.25, 0.3) is 0 Å². The van der Waals surface area contributed by atoms with Crippen molar-refractivity contribution in [1.29, 1.82) is 0 Å². The molecule has 5 heteroatoms. The highest BCUT2D eigenvalue weighted by atomic mass is 16.2. The standard InChI is InChI=1S/C15H17N3O2/c1-8(2)9-4-3-5-10-13(9)17-18-14(10)11-6-7-12(19)16-15(11)20/h3-5,8,11H,6-7H2,1-2H3,(H,17,18)(H,16,19,20). The topological polar surface area (TPSA) is 74.8 Å². The number of H-pyrrole nitrogens is 1. The van der Waals surface area contributed by atoms with E-state index in [1.807, 2.05) is 12.1 Å². The molecule has 2 heterocycles. The Kier molecular flexibility index (Phi) is 3.04. The minimum atomic E-state index is -0.319. The van der Waals surface area contributed by atoms with Crippen molar-refractivity contribution >= 4 is 22.7 Å². The fraction of sp³-hybridized carbons (Fsp3) is 0.400. The molecule has 0 saturated carbocycles. The highest BCUT2D eigenvalue weighted by molar-refractivity contribution is 6.02. The van der Waals surface area contributed by atoms with E-state index in [1.54, 1.807) is 0 Å². The lowest BCUT2D eigenvalue weighted by atomic mass is 9.91. The first kappa shape index (κ1) is 12.8. The van der Waals surface area contributed by atoms with E-state index in [0.29, 0.717) is 18.8 Å². The molecule has 104 valence electrons. The number of benzene rings is 1. The van der Waals surface area contributed by atoms with E-state index in [1.165, 1.54) is 0 Å². The van der Waals surface area contributed by atoms with Crippen molar-refractivity contribution in [3.05, 3.63) is 29.5 Å². The van der Waals surface area contributed by atoms with Gasteiger partial charge in [0.2, 0.25) is 11.8 Å². The van der Waals surface area contributed by atoms with Gasteiger partial charge in [0.15, 0.2) is 0 Å². The molecule has 1 unspecified atom stereocenters. The van der Waals surface area contributed by atoms with Crippen molar-refractivity contribution in [3.8, 4) is 0 Å². The minimum absolute atomic E-state index is 0.196. The van der Waals surface area contributed by atoms with Crippen LogP contribution in [0, 0.1) is 0 Å². The zero-order chi connectivity index (χ0) is 14.3. The summed E-state index contributed by atoms with van der Waals surface area (Å²) in [5, 5.41) is 10.8. The zero-order valence-electron chi connectivity index (χ0n) is 11.6. The highest BCUT2D eigenvalue weighted by Gasteiger charge is 2.30. The molecular weight excluding hydrogens is 254 g/mol. The summed E-state index contributed by atoms with van der Waals surface area (Å²) in [5.41, 5.74) is 2.90. The summed E-state index contributed by atoms with van der Waals surface area (Å²) < 4.78 is 0. The number of carbonyl (C=O) groups excluding carboxylic acids is 2. The number of imide groups is 1. The Morgan fingerprint density at radius 2 is 2.10 bits per heavy atom. The molecule has 2 amide bonds. The van der Waals surface area contributed by atoms with E-state index in [2.05, 4.69) is 35.4 Å². The number of aromatic nitrogens is 2. The lowest BCUT2D eigenvalue weighted by Gasteiger charge is -2.19. The Balaban J connectivity index is 2.07. The number of nitrogens with one attached hydrogen (secondary N) is 2. The molecule has 1 fully saturated rings. The van der Waals surface area contributed by atoms with Crippen molar-refractivity contribution in [2.24, 2.45) is 0 Å². The van der Waals surface area contributed by atoms with Gasteiger partial charge in [-0.1, -0.05) is 32.0 Å². The van der Waals surface area contributed by atoms with Gasteiger partial charge < -0.3 is 0 Å². The maximum Gasteiger partial charge on any atom is 0.235 e. The van der Waals surface area contributed by atoms with Gasteiger partial charge in [-0.25, -0.2) is 0 Å². The van der Waals surface area contributed by atoms with E-state index in [0.717, 1.165) is 22.2 Å². The van der Waals surface area contributed by atoms with Crippen molar-refractivity contribution in [2.45, 2.75) is 38.5 Å². The number of fused-ring (bicyclic) bond motifs is 1. The number of aromatic amines is 1. The van der Waals surface area contributed by atoms with Crippen LogP contribution in [0.25, 0.3) is 10.9 Å². The van der Waals surface area contributed by atoms with Crippen LogP contribution in [0.3, 0.4) is 0 Å². The lowest BCUT2D eigenvalue weighted by molar-refractivity contribution is -0.134. The van der Waals surface area contributed by atoms with Gasteiger partial charge in [0.05, 0.1) is 17.1 Å². The molecule has 1 aliphatic heterocycles. The second-order valence-corrected chi connectivity index (χ2v) is 5.54. The average Bonchev–Trinajstić information content (AvgIpc) is 2.82. The molecule has 5 nitrogen and oxygen atoms in total. The second kappa shape index (κ2) is 4.74. The van der Waals surface area contributed by atoms with Gasteiger partial charge in [-0.05, 0) is 17.9 Å². The van der Waals surface area contributed by atoms with E-state index in [-0.39, 0.29) is 17.7 Å². The maximum absolute atomic E-state index is 12.0. The fourth-order valence-electron chi connectivity index (χ4n) is 2.78. The largest absolute Gasteiger partial charge is 0.296 e. The van der Waals surface area contributed by atoms with Gasteiger partial charge in [-0.2, -0.15) is 5.10 Å². The average molecular weight is 271 g/mol. The molecule has 1 saturated heterocycles. The van der Waals surface area contributed by atoms with Gasteiger partial charge in [0.1, 0.15) is 0 Å². The normalized spacial score (nSPS) is 19.6. The van der Waals surface area contributed by atoms with Gasteiger partial charge in [0, 0.05) is 11.8 Å². The van der Waals surface area contributed by atoms with Crippen LogP contribution in [0.4, 0.5) is 0 Å². The van der Waals surface area contributed by atoms with Crippen LogP contribution in [-0.4, -0.2) is 22.0 Å². The molecule has 2 aromatic rings. The smallest absolute Gasteiger partial charge is 0.235 e. The molecule has 0 bridgehead atoms. The summed E-state index contributed by atoms with van der Waals surface area (Å²) in [5.74, 6) is -0.378. The van der Waals surface area contributed by atoms with E-state index in [9.17, 15) is 9.59 Å². The highest BCUT2D eigenvalue weighted by Crippen LogP contribution is 2.32. The Bertz CT molecular complexity index is 687. The van der Waals surface area contributed by atoms with E-state index in [4.69, 9.17) is 0 Å². The van der Waals surface area contributed by atoms with Crippen molar-refractivity contribution < 1.29 is 9.59 Å². The number of hydrogen-bond acceptors (Lipinski definition) is 3. The fourth-order valence-corrected chi connectivity index (χ4v) is 2.78. The number of carbonyl (C=O) groups is 2. The molecule has 1 aromatic carbocycles. The Morgan fingerprint density at radius 1 is 1.30 bits per heavy atom. The van der Waals surface area contributed by atoms with Crippen LogP contribution in [0.5, 0.6) is 0 Å². The molecule has 0 radical (unpaired) electrons. The summed E-state index contributed by atoms with van der Waals surface area (Å²) in [6.45, 7) is 4.24. The molecule has 20 heavy (non-hydrogen) atoms. The quantitative estimate of drug-likeness (QED) is 0.822. The number of nitrogens with zero attached hydrogens (tertiary/aromatic N) is 1. The van der Waals surface area contributed by atoms with Crippen LogP contribution >= 0.6 is 0 Å². The van der Waals surface area contributed by atoms with Gasteiger partial charge in [-0.15, -0.1) is 0 Å². The first-order valence-electron chi connectivity index (χ1n) is 6.88. The van der Waals surface area contributed by atoms with Gasteiger partial charge in [-0.3, -0.25) is 20.0 Å². The predicted octanol–water partition coefficient (Wildman–Crippen LogP) is 2.21. The third-order valence-corrected chi connectivity index (χ3v) is 3.86. The minimum Gasteiger partial charge on any atom is -0.296 e. The van der Waals surface area contributed by atoms with Crippen molar-refractivity contribution in [1.82, 2.24) is 15.5 Å². The molecule has 1 aliphatic rings. The van der Waals surface area contributed by atoms with E-state index < -0.39 is 0 Å². The van der Waals surface area contributed by atoms with Crippen molar-refractivity contribution in [3.63, 3.8) is 0 Å². The molecule has 1 aromatic heterocycles. The lowest BCUT2D eigenvalue weighted by Crippen LogP contribution is -2.39. The summed E-state index contributed by atoms with van der Waals surface area (Å²) in [6.07, 6.45) is 0.911. The van der Waals surface area contributed by atoms with Crippen LogP contribution in [0.1, 0.15) is 49.8 Å². The van der Waals surface area contributed by atoms with Crippen LogP contribution in [0.15, 0.2) is 18.2 Å². The summed E-state index contributed by atoms with van der Waals surface area (Å²) in [6, 6.07) is 6.02. The Morgan fingerprint density at radius 3 is 2.80 bits per heavy atom. The molecule has 2 N–H and O–H groups in total. The van der Waals surface area contributed by atoms with Crippen molar-refractivity contribution in [2.75, 3.05) is 0 Å². The first-order chi connectivity index (χ1) is 9.58. The molecule has 0 spiro atoms. The summed E-state index contributed by atoms with van der Waals surface area (Å²) in [7, 11) is 0. The zero-order valence-corrected chi connectivity index (χ0v) is 11.6. The number of hydrogen-bond donors (Lipinski definition) is 2. The molecular formula is C15H17N3O2. The molecule has 1 atom stereocenters. The third kappa shape index (κ3) is 1.99. The number of amides is 2. The van der Waals surface area contributed by atoms with Gasteiger partial charge >= 0.3 is 0 Å². The number of para-hydroxylation sites is 1.